The van der Waals surface area contributed by atoms with Crippen molar-refractivity contribution in [3.63, 3.8) is 0 Å². The molecule has 6 heteroatoms. The van der Waals surface area contributed by atoms with Crippen molar-refractivity contribution in [3.8, 4) is 0 Å². The molecule has 1 atom stereocenters. The Bertz CT molecular complexity index is 790. The first-order valence-electron chi connectivity index (χ1n) is 8.01. The number of halogens is 2. The molecule has 1 aliphatic rings. The van der Waals surface area contributed by atoms with E-state index in [0.29, 0.717) is 5.56 Å². The molecule has 25 heavy (non-hydrogen) atoms. The second-order valence-electron chi connectivity index (χ2n) is 6.01. The Hall–Kier alpha value is -1.66. The minimum atomic E-state index is -0.947. The van der Waals surface area contributed by atoms with Crippen LogP contribution in [0, 0.1) is 0 Å². The third-order valence-corrected chi connectivity index (χ3v) is 4.79. The van der Waals surface area contributed by atoms with Gasteiger partial charge in [0.1, 0.15) is 0 Å². The van der Waals surface area contributed by atoms with Gasteiger partial charge in [-0.05, 0) is 42.7 Å². The van der Waals surface area contributed by atoms with Gasteiger partial charge in [0.05, 0.1) is 6.42 Å². The largest absolute Gasteiger partial charge is 0.447 e. The van der Waals surface area contributed by atoms with Gasteiger partial charge >= 0.3 is 5.97 Å². The van der Waals surface area contributed by atoms with Crippen molar-refractivity contribution in [1.29, 1.82) is 0 Å². The van der Waals surface area contributed by atoms with Gasteiger partial charge in [0.2, 0.25) is 6.10 Å². The smallest absolute Gasteiger partial charge is 0.311 e. The van der Waals surface area contributed by atoms with Crippen LogP contribution < -0.4 is 5.32 Å². The molecule has 4 nitrogen and oxygen atoms in total. The number of nitrogens with one attached hydrogen (secondary N) is 1. The molecule has 0 aliphatic heterocycles. The van der Waals surface area contributed by atoms with E-state index < -0.39 is 12.1 Å². The molecule has 1 fully saturated rings. The Balaban J connectivity index is 1.74. The maximum absolute atomic E-state index is 12.5. The molecule has 130 valence electrons. The first-order chi connectivity index (χ1) is 12.0. The van der Waals surface area contributed by atoms with Crippen LogP contribution in [0.5, 0.6) is 0 Å². The molecule has 3 rings (SSSR count). The molecule has 0 heterocycles. The lowest BCUT2D eigenvalue weighted by atomic mass is 10.1. The first-order valence-corrected chi connectivity index (χ1v) is 9.59. The summed E-state index contributed by atoms with van der Waals surface area (Å²) in [7, 11) is 0. The van der Waals surface area contributed by atoms with E-state index in [1.807, 2.05) is 36.4 Å². The molecule has 0 aromatic heterocycles. The zero-order chi connectivity index (χ0) is 17.8. The van der Waals surface area contributed by atoms with Crippen LogP contribution in [0.3, 0.4) is 0 Å². The number of amides is 1. The topological polar surface area (TPSA) is 55.4 Å². The van der Waals surface area contributed by atoms with Crippen LogP contribution >= 0.6 is 31.9 Å². The van der Waals surface area contributed by atoms with Gasteiger partial charge in [-0.2, -0.15) is 0 Å². The van der Waals surface area contributed by atoms with Crippen molar-refractivity contribution in [2.75, 3.05) is 0 Å². The molecule has 0 radical (unpaired) electrons. The molecule has 2 aromatic rings. The second-order valence-corrected chi connectivity index (χ2v) is 7.85. The zero-order valence-corrected chi connectivity index (χ0v) is 16.5. The lowest BCUT2D eigenvalue weighted by Gasteiger charge is -2.18. The molecular weight excluding hydrogens is 450 g/mol. The fourth-order valence-electron chi connectivity index (χ4n) is 2.43. The van der Waals surface area contributed by atoms with Crippen LogP contribution in [-0.4, -0.2) is 17.9 Å². The second kappa shape index (κ2) is 8.15. The van der Waals surface area contributed by atoms with Crippen molar-refractivity contribution in [3.05, 3.63) is 68.6 Å². The zero-order valence-electron chi connectivity index (χ0n) is 13.4. The molecule has 1 saturated carbocycles. The number of rotatable bonds is 6. The maximum Gasteiger partial charge on any atom is 0.311 e. The highest BCUT2D eigenvalue weighted by Gasteiger charge is 2.31. The monoisotopic (exact) mass is 465 g/mol. The van der Waals surface area contributed by atoms with E-state index in [9.17, 15) is 9.59 Å². The minimum Gasteiger partial charge on any atom is -0.447 e. The highest BCUT2D eigenvalue weighted by atomic mass is 79.9. The minimum absolute atomic E-state index is 0.112. The summed E-state index contributed by atoms with van der Waals surface area (Å²) >= 11 is 6.78. The van der Waals surface area contributed by atoms with Gasteiger partial charge in [-0.1, -0.05) is 56.1 Å². The Labute approximate surface area is 163 Å². The normalized spacial score (nSPS) is 14.6. The standard InChI is InChI=1S/C19H17Br2NO3/c20-14-5-1-3-12(9-14)10-17(23)25-18(19(24)22-16-7-8-16)13-4-2-6-15(21)11-13/h1-6,9,11,16,18H,7-8,10H2,(H,22,24). The van der Waals surface area contributed by atoms with Gasteiger partial charge in [0.15, 0.2) is 0 Å². The summed E-state index contributed by atoms with van der Waals surface area (Å²) in [6, 6.07) is 14.9. The van der Waals surface area contributed by atoms with Crippen LogP contribution in [0.25, 0.3) is 0 Å². The molecule has 1 N–H and O–H groups in total. The predicted octanol–water partition coefficient (Wildman–Crippen LogP) is 4.32. The number of carbonyl (C=O) groups excluding carboxylic acids is 2. The van der Waals surface area contributed by atoms with E-state index in [4.69, 9.17) is 4.74 Å². The molecule has 0 saturated heterocycles. The highest BCUT2D eigenvalue weighted by molar-refractivity contribution is 9.10. The van der Waals surface area contributed by atoms with Gasteiger partial charge in [0, 0.05) is 20.6 Å². The Morgan fingerprint density at radius 3 is 2.40 bits per heavy atom. The first kappa shape index (κ1) is 18.1. The van der Waals surface area contributed by atoms with E-state index in [0.717, 1.165) is 27.4 Å². The predicted molar refractivity (Wildman–Crippen MR) is 102 cm³/mol. The van der Waals surface area contributed by atoms with Crippen molar-refractivity contribution in [2.24, 2.45) is 0 Å². The summed E-state index contributed by atoms with van der Waals surface area (Å²) < 4.78 is 7.27. The SMILES string of the molecule is O=C(Cc1cccc(Br)c1)OC(C(=O)NC1CC1)c1cccc(Br)c1. The lowest BCUT2D eigenvalue weighted by molar-refractivity contribution is -0.156. The Morgan fingerprint density at radius 2 is 1.76 bits per heavy atom. The van der Waals surface area contributed by atoms with E-state index >= 15 is 0 Å². The average molecular weight is 467 g/mol. The molecule has 0 spiro atoms. The van der Waals surface area contributed by atoms with E-state index in [-0.39, 0.29) is 18.4 Å². The number of esters is 1. The van der Waals surface area contributed by atoms with Crippen molar-refractivity contribution >= 4 is 43.7 Å². The third-order valence-electron chi connectivity index (χ3n) is 3.80. The molecule has 0 bridgehead atoms. The summed E-state index contributed by atoms with van der Waals surface area (Å²) in [6.07, 6.45) is 1.12. The quantitative estimate of drug-likeness (QED) is 0.645. The van der Waals surface area contributed by atoms with Crippen LogP contribution in [0.15, 0.2) is 57.5 Å². The summed E-state index contributed by atoms with van der Waals surface area (Å²) in [5, 5.41) is 2.91. The Kier molecular flexibility index (Phi) is 5.91. The fraction of sp³-hybridized carbons (Fsp3) is 0.263. The number of hydrogen-bond donors (Lipinski definition) is 1. The van der Waals surface area contributed by atoms with Gasteiger partial charge in [0.25, 0.3) is 5.91 Å². The molecule has 1 amide bonds. The van der Waals surface area contributed by atoms with Crippen molar-refractivity contribution in [2.45, 2.75) is 31.4 Å². The number of benzene rings is 2. The van der Waals surface area contributed by atoms with Crippen LogP contribution in [0.2, 0.25) is 0 Å². The highest BCUT2D eigenvalue weighted by Crippen LogP contribution is 2.25. The van der Waals surface area contributed by atoms with Crippen molar-refractivity contribution in [1.82, 2.24) is 5.32 Å². The van der Waals surface area contributed by atoms with Gasteiger partial charge in [-0.3, -0.25) is 9.59 Å². The molecule has 2 aromatic carbocycles. The van der Waals surface area contributed by atoms with E-state index in [1.165, 1.54) is 0 Å². The van der Waals surface area contributed by atoms with Crippen LogP contribution in [0.1, 0.15) is 30.1 Å². The van der Waals surface area contributed by atoms with Gasteiger partial charge in [-0.25, -0.2) is 0 Å². The summed E-state index contributed by atoms with van der Waals surface area (Å²) in [4.78, 5) is 24.9. The fourth-order valence-corrected chi connectivity index (χ4v) is 3.30. The number of hydrogen-bond acceptors (Lipinski definition) is 3. The van der Waals surface area contributed by atoms with Gasteiger partial charge < -0.3 is 10.1 Å². The van der Waals surface area contributed by atoms with Crippen molar-refractivity contribution < 1.29 is 14.3 Å². The summed E-state index contributed by atoms with van der Waals surface area (Å²) in [5.41, 5.74) is 1.48. The summed E-state index contributed by atoms with van der Waals surface area (Å²) in [6.45, 7) is 0. The molecule has 1 unspecified atom stereocenters. The average Bonchev–Trinajstić information content (AvgIpc) is 3.36. The Morgan fingerprint density at radius 1 is 1.08 bits per heavy atom. The van der Waals surface area contributed by atoms with Gasteiger partial charge in [-0.15, -0.1) is 0 Å². The molecular formula is C19H17Br2NO3. The lowest BCUT2D eigenvalue weighted by Crippen LogP contribution is -2.33. The number of carbonyl (C=O) groups is 2. The molecule has 1 aliphatic carbocycles. The van der Waals surface area contributed by atoms with E-state index in [1.54, 1.807) is 12.1 Å². The third kappa shape index (κ3) is 5.41. The van der Waals surface area contributed by atoms with E-state index in [2.05, 4.69) is 37.2 Å². The van der Waals surface area contributed by atoms with Crippen LogP contribution in [-0.2, 0) is 20.7 Å². The number of ether oxygens (including phenoxy) is 1. The maximum atomic E-state index is 12.5. The summed E-state index contributed by atoms with van der Waals surface area (Å²) in [5.74, 6) is -0.711. The van der Waals surface area contributed by atoms with Crippen LogP contribution in [0.4, 0.5) is 0 Å².